The fourth-order valence-electron chi connectivity index (χ4n) is 2.77. The van der Waals surface area contributed by atoms with Gasteiger partial charge >= 0.3 is 0 Å². The highest BCUT2D eigenvalue weighted by atomic mass is 35.5. The monoisotopic (exact) mass is 310 g/mol. The third kappa shape index (κ3) is 4.12. The van der Waals surface area contributed by atoms with Gasteiger partial charge in [0.1, 0.15) is 0 Å². The number of hydrogen-bond acceptors (Lipinski definition) is 3. The number of anilines is 1. The van der Waals surface area contributed by atoms with Crippen LogP contribution in [0.1, 0.15) is 33.3 Å². The number of benzene rings is 1. The Morgan fingerprint density at radius 2 is 2.14 bits per heavy atom. The summed E-state index contributed by atoms with van der Waals surface area (Å²) in [6.45, 7) is 13.1. The highest BCUT2D eigenvalue weighted by molar-refractivity contribution is 6.33. The first-order valence-corrected chi connectivity index (χ1v) is 8.13. The molecule has 0 atom stereocenters. The average Bonchev–Trinajstić information content (AvgIpc) is 2.39. The lowest BCUT2D eigenvalue weighted by Gasteiger charge is -2.45. The summed E-state index contributed by atoms with van der Waals surface area (Å²) in [5.41, 5.74) is 2.39. The van der Waals surface area contributed by atoms with Gasteiger partial charge in [-0.25, -0.2) is 0 Å². The lowest BCUT2D eigenvalue weighted by molar-refractivity contribution is 0.0643. The summed E-state index contributed by atoms with van der Waals surface area (Å²) in [7, 11) is 0. The van der Waals surface area contributed by atoms with Crippen LogP contribution in [0.5, 0.6) is 0 Å². The largest absolute Gasteiger partial charge is 0.377 e. The van der Waals surface area contributed by atoms with E-state index in [-0.39, 0.29) is 5.54 Å². The van der Waals surface area contributed by atoms with Crippen LogP contribution in [0.3, 0.4) is 0 Å². The smallest absolute Gasteiger partial charge is 0.0694 e. The van der Waals surface area contributed by atoms with Gasteiger partial charge < -0.3 is 15.0 Å². The van der Waals surface area contributed by atoms with Crippen LogP contribution >= 0.6 is 11.6 Å². The van der Waals surface area contributed by atoms with E-state index in [1.807, 2.05) is 12.1 Å². The van der Waals surface area contributed by atoms with Gasteiger partial charge in [-0.15, -0.1) is 0 Å². The zero-order valence-corrected chi connectivity index (χ0v) is 14.3. The van der Waals surface area contributed by atoms with Crippen LogP contribution in [0.2, 0.25) is 5.02 Å². The summed E-state index contributed by atoms with van der Waals surface area (Å²) < 4.78 is 5.63. The van der Waals surface area contributed by atoms with E-state index in [1.165, 1.54) is 5.56 Å². The number of rotatable bonds is 5. The van der Waals surface area contributed by atoms with E-state index in [9.17, 15) is 0 Å². The predicted octanol–water partition coefficient (Wildman–Crippen LogP) is 3.70. The Kier molecular flexibility index (Phi) is 5.53. The third-order valence-electron chi connectivity index (χ3n) is 3.85. The second-order valence-electron chi connectivity index (χ2n) is 6.79. The standard InChI is InChI=1S/C17H27ClN2O/c1-13(2)10-19-11-14-6-5-7-15(18)16(14)20-8-9-21-12-17(20,3)4/h5-7,13,19H,8-12H2,1-4H3. The zero-order chi connectivity index (χ0) is 15.5. The lowest BCUT2D eigenvalue weighted by atomic mass is 9.99. The highest BCUT2D eigenvalue weighted by Crippen LogP contribution is 2.35. The summed E-state index contributed by atoms with van der Waals surface area (Å²) in [6, 6.07) is 6.18. The predicted molar refractivity (Wildman–Crippen MR) is 90.2 cm³/mol. The fourth-order valence-corrected chi connectivity index (χ4v) is 3.07. The van der Waals surface area contributed by atoms with Crippen LogP contribution in [-0.2, 0) is 11.3 Å². The van der Waals surface area contributed by atoms with Crippen molar-refractivity contribution in [3.63, 3.8) is 0 Å². The molecule has 1 aliphatic rings. The van der Waals surface area contributed by atoms with E-state index in [1.54, 1.807) is 0 Å². The van der Waals surface area contributed by atoms with Crippen molar-refractivity contribution in [2.45, 2.75) is 39.8 Å². The Bertz CT molecular complexity index is 474. The number of halogens is 1. The summed E-state index contributed by atoms with van der Waals surface area (Å²) in [4.78, 5) is 2.39. The molecule has 0 bridgehead atoms. The highest BCUT2D eigenvalue weighted by Gasteiger charge is 2.32. The Morgan fingerprint density at radius 1 is 1.38 bits per heavy atom. The van der Waals surface area contributed by atoms with Gasteiger partial charge in [0.15, 0.2) is 0 Å². The van der Waals surface area contributed by atoms with Crippen molar-refractivity contribution in [3.05, 3.63) is 28.8 Å². The van der Waals surface area contributed by atoms with Crippen molar-refractivity contribution in [2.75, 3.05) is 31.2 Å². The van der Waals surface area contributed by atoms with Crippen molar-refractivity contribution in [1.29, 1.82) is 0 Å². The zero-order valence-electron chi connectivity index (χ0n) is 13.6. The fraction of sp³-hybridized carbons (Fsp3) is 0.647. The molecule has 0 aliphatic carbocycles. The molecule has 0 radical (unpaired) electrons. The summed E-state index contributed by atoms with van der Waals surface area (Å²) in [5, 5.41) is 4.35. The van der Waals surface area contributed by atoms with Gasteiger partial charge in [0.2, 0.25) is 0 Å². The molecule has 4 heteroatoms. The van der Waals surface area contributed by atoms with Gasteiger partial charge in [0.25, 0.3) is 0 Å². The van der Waals surface area contributed by atoms with Gasteiger partial charge in [-0.3, -0.25) is 0 Å². The maximum absolute atomic E-state index is 6.52. The first kappa shape index (κ1) is 16.6. The van der Waals surface area contributed by atoms with Crippen LogP contribution in [0.4, 0.5) is 5.69 Å². The van der Waals surface area contributed by atoms with E-state index in [0.717, 1.165) is 43.6 Å². The molecule has 1 aromatic carbocycles. The summed E-state index contributed by atoms with van der Waals surface area (Å²) in [5.74, 6) is 0.646. The first-order valence-electron chi connectivity index (χ1n) is 7.75. The molecule has 1 aliphatic heterocycles. The number of hydrogen-bond donors (Lipinski definition) is 1. The molecule has 0 amide bonds. The van der Waals surface area contributed by atoms with E-state index < -0.39 is 0 Å². The Labute approximate surface area is 133 Å². The topological polar surface area (TPSA) is 24.5 Å². The minimum Gasteiger partial charge on any atom is -0.377 e. The molecule has 1 fully saturated rings. The molecule has 3 nitrogen and oxygen atoms in total. The van der Waals surface area contributed by atoms with Crippen molar-refractivity contribution in [1.82, 2.24) is 5.32 Å². The molecular weight excluding hydrogens is 284 g/mol. The molecule has 1 heterocycles. The van der Waals surface area contributed by atoms with Crippen LogP contribution < -0.4 is 10.2 Å². The number of nitrogens with one attached hydrogen (secondary N) is 1. The van der Waals surface area contributed by atoms with Crippen molar-refractivity contribution in [2.24, 2.45) is 5.92 Å². The van der Waals surface area contributed by atoms with E-state index in [2.05, 4.69) is 44.0 Å². The van der Waals surface area contributed by atoms with E-state index in [0.29, 0.717) is 5.92 Å². The molecule has 1 N–H and O–H groups in total. The summed E-state index contributed by atoms with van der Waals surface area (Å²) in [6.07, 6.45) is 0. The molecule has 1 saturated heterocycles. The van der Waals surface area contributed by atoms with Gasteiger partial charge in [0.05, 0.1) is 29.5 Å². The van der Waals surface area contributed by atoms with Crippen LogP contribution in [-0.4, -0.2) is 31.8 Å². The number of nitrogens with zero attached hydrogens (tertiary/aromatic N) is 1. The molecule has 1 aromatic rings. The van der Waals surface area contributed by atoms with E-state index in [4.69, 9.17) is 16.3 Å². The van der Waals surface area contributed by atoms with Gasteiger partial charge in [-0.05, 0) is 37.9 Å². The first-order chi connectivity index (χ1) is 9.92. The van der Waals surface area contributed by atoms with Gasteiger partial charge in [0, 0.05) is 13.1 Å². The van der Waals surface area contributed by atoms with Crippen LogP contribution in [0.15, 0.2) is 18.2 Å². The second-order valence-corrected chi connectivity index (χ2v) is 7.20. The summed E-state index contributed by atoms with van der Waals surface area (Å²) >= 11 is 6.52. The van der Waals surface area contributed by atoms with Gasteiger partial charge in [-0.1, -0.05) is 37.6 Å². The van der Waals surface area contributed by atoms with E-state index >= 15 is 0 Å². The van der Waals surface area contributed by atoms with Crippen molar-refractivity contribution in [3.8, 4) is 0 Å². The van der Waals surface area contributed by atoms with Crippen LogP contribution in [0, 0.1) is 5.92 Å². The Morgan fingerprint density at radius 3 is 2.81 bits per heavy atom. The molecule has 0 saturated carbocycles. The number of para-hydroxylation sites is 1. The molecule has 0 spiro atoms. The molecule has 21 heavy (non-hydrogen) atoms. The molecule has 118 valence electrons. The lowest BCUT2D eigenvalue weighted by Crippen LogP contribution is -2.53. The van der Waals surface area contributed by atoms with Gasteiger partial charge in [-0.2, -0.15) is 0 Å². The quantitative estimate of drug-likeness (QED) is 0.897. The number of morpholine rings is 1. The Balaban J connectivity index is 2.24. The molecule has 2 rings (SSSR count). The molecule has 0 unspecified atom stereocenters. The molecule has 0 aromatic heterocycles. The average molecular weight is 311 g/mol. The maximum Gasteiger partial charge on any atom is 0.0694 e. The minimum absolute atomic E-state index is 0.0317. The second kappa shape index (κ2) is 6.99. The normalized spacial score (nSPS) is 18.3. The SMILES string of the molecule is CC(C)CNCc1cccc(Cl)c1N1CCOCC1(C)C. The molecular formula is C17H27ClN2O. The third-order valence-corrected chi connectivity index (χ3v) is 4.16. The van der Waals surface area contributed by atoms with Crippen molar-refractivity contribution >= 4 is 17.3 Å². The van der Waals surface area contributed by atoms with Crippen LogP contribution in [0.25, 0.3) is 0 Å². The minimum atomic E-state index is -0.0317. The maximum atomic E-state index is 6.52. The van der Waals surface area contributed by atoms with Crippen molar-refractivity contribution < 1.29 is 4.74 Å². The number of ether oxygens (including phenoxy) is 1. The Hall–Kier alpha value is -0.770.